The first kappa shape index (κ1) is 20.0. The highest BCUT2D eigenvalue weighted by Crippen LogP contribution is 2.29. The van der Waals surface area contributed by atoms with Crippen molar-refractivity contribution in [2.45, 2.75) is 43.9 Å². The molecule has 0 aromatic heterocycles. The molecule has 0 unspecified atom stereocenters. The first-order valence-electron chi connectivity index (χ1n) is 10.0. The predicted molar refractivity (Wildman–Crippen MR) is 110 cm³/mol. The van der Waals surface area contributed by atoms with E-state index in [1.54, 1.807) is 19.1 Å². The van der Waals surface area contributed by atoms with Crippen molar-refractivity contribution in [3.63, 3.8) is 0 Å². The van der Waals surface area contributed by atoms with Gasteiger partial charge in [-0.1, -0.05) is 12.1 Å². The number of piperidine rings is 1. The van der Waals surface area contributed by atoms with Gasteiger partial charge in [-0.2, -0.15) is 4.31 Å². The average Bonchev–Trinajstić information content (AvgIpc) is 3.18. The van der Waals surface area contributed by atoms with E-state index in [-0.39, 0.29) is 11.8 Å². The minimum atomic E-state index is -3.55. The number of nitrogens with one attached hydrogen (secondary N) is 1. The smallest absolute Gasteiger partial charge is 0.243 e. The first-order chi connectivity index (χ1) is 13.8. The first-order valence-corrected chi connectivity index (χ1v) is 11.5. The molecule has 154 valence electrons. The van der Waals surface area contributed by atoms with Crippen LogP contribution in [0.15, 0.2) is 41.3 Å². The maximum Gasteiger partial charge on any atom is 0.243 e. The minimum absolute atomic E-state index is 0.187. The van der Waals surface area contributed by atoms with Crippen LogP contribution in [0.5, 0.6) is 0 Å². The number of halogens is 1. The fraction of sp³-hybridized carbons (Fsp3) is 0.409. The van der Waals surface area contributed by atoms with E-state index >= 15 is 0 Å². The standard InChI is InChI=1S/C22H25FN2O3S/c1-15-5-7-19(23)14-21(15)24-22(26)17-9-11-25(12-10-17)29(27,28)20-8-6-16-3-2-4-18(16)13-20/h5-8,13-14,17H,2-4,9-12H2,1H3,(H,24,26). The SMILES string of the molecule is Cc1ccc(F)cc1NC(=O)C1CCN(S(=O)(=O)c2ccc3c(c2)CCC3)CC1. The van der Waals surface area contributed by atoms with Crippen molar-refractivity contribution < 1.29 is 17.6 Å². The molecule has 1 amide bonds. The van der Waals surface area contributed by atoms with Gasteiger partial charge in [0.1, 0.15) is 5.82 Å². The Balaban J connectivity index is 1.41. The number of carbonyl (C=O) groups is 1. The van der Waals surface area contributed by atoms with Crippen LogP contribution in [0.3, 0.4) is 0 Å². The molecule has 0 saturated carbocycles. The number of aryl methyl sites for hydroxylation is 3. The quantitative estimate of drug-likeness (QED) is 0.827. The van der Waals surface area contributed by atoms with Gasteiger partial charge >= 0.3 is 0 Å². The van der Waals surface area contributed by atoms with Crippen molar-refractivity contribution in [2.75, 3.05) is 18.4 Å². The van der Waals surface area contributed by atoms with Gasteiger partial charge in [0.05, 0.1) is 4.90 Å². The lowest BCUT2D eigenvalue weighted by atomic mass is 9.97. The molecule has 0 radical (unpaired) electrons. The second kappa shape index (κ2) is 7.88. The molecular weight excluding hydrogens is 391 g/mol. The number of carbonyl (C=O) groups excluding carboxylic acids is 1. The summed E-state index contributed by atoms with van der Waals surface area (Å²) >= 11 is 0. The molecule has 1 aliphatic carbocycles. The number of anilines is 1. The van der Waals surface area contributed by atoms with Crippen LogP contribution in [0.1, 0.15) is 36.0 Å². The van der Waals surface area contributed by atoms with Gasteiger partial charge in [-0.05, 0) is 80.0 Å². The molecule has 1 heterocycles. The highest BCUT2D eigenvalue weighted by molar-refractivity contribution is 7.89. The number of rotatable bonds is 4. The van der Waals surface area contributed by atoms with Crippen LogP contribution in [-0.4, -0.2) is 31.7 Å². The average molecular weight is 417 g/mol. The fourth-order valence-corrected chi connectivity index (χ4v) is 5.70. The van der Waals surface area contributed by atoms with E-state index in [0.717, 1.165) is 30.4 Å². The lowest BCUT2D eigenvalue weighted by molar-refractivity contribution is -0.120. The van der Waals surface area contributed by atoms with Gasteiger partial charge in [-0.25, -0.2) is 12.8 Å². The molecule has 0 spiro atoms. The maximum absolute atomic E-state index is 13.4. The molecule has 4 rings (SSSR count). The largest absolute Gasteiger partial charge is 0.326 e. The second-order valence-corrected chi connectivity index (χ2v) is 9.85. The molecule has 2 aliphatic rings. The van der Waals surface area contributed by atoms with Gasteiger partial charge in [0.2, 0.25) is 15.9 Å². The van der Waals surface area contributed by atoms with Crippen LogP contribution in [0.25, 0.3) is 0 Å². The van der Waals surface area contributed by atoms with E-state index in [4.69, 9.17) is 0 Å². The fourth-order valence-electron chi connectivity index (χ4n) is 4.18. The van der Waals surface area contributed by atoms with Gasteiger partial charge in [0, 0.05) is 24.7 Å². The Kier molecular flexibility index (Phi) is 5.44. The molecule has 5 nitrogen and oxygen atoms in total. The van der Waals surface area contributed by atoms with Crippen molar-refractivity contribution in [1.29, 1.82) is 0 Å². The molecule has 0 bridgehead atoms. The molecule has 29 heavy (non-hydrogen) atoms. The Morgan fingerprint density at radius 1 is 1.07 bits per heavy atom. The molecule has 2 aromatic rings. The Bertz CT molecular complexity index is 1040. The van der Waals surface area contributed by atoms with E-state index in [2.05, 4.69) is 5.32 Å². The summed E-state index contributed by atoms with van der Waals surface area (Å²) < 4.78 is 41.0. The van der Waals surface area contributed by atoms with Gasteiger partial charge in [-0.15, -0.1) is 0 Å². The maximum atomic E-state index is 13.4. The van der Waals surface area contributed by atoms with Gasteiger partial charge < -0.3 is 5.32 Å². The zero-order chi connectivity index (χ0) is 20.6. The monoisotopic (exact) mass is 416 g/mol. The number of benzene rings is 2. The van der Waals surface area contributed by atoms with E-state index in [0.29, 0.717) is 36.5 Å². The van der Waals surface area contributed by atoms with Crippen molar-refractivity contribution in [3.8, 4) is 0 Å². The number of hydrogen-bond acceptors (Lipinski definition) is 3. The van der Waals surface area contributed by atoms with Gasteiger partial charge in [0.15, 0.2) is 0 Å². The predicted octanol–water partition coefficient (Wildman–Crippen LogP) is 3.66. The lowest BCUT2D eigenvalue weighted by Gasteiger charge is -2.30. The van der Waals surface area contributed by atoms with Crippen LogP contribution < -0.4 is 5.32 Å². The third-order valence-corrected chi connectivity index (χ3v) is 7.88. The number of sulfonamides is 1. The van der Waals surface area contributed by atoms with Crippen molar-refractivity contribution >= 4 is 21.6 Å². The van der Waals surface area contributed by atoms with Crippen molar-refractivity contribution in [1.82, 2.24) is 4.31 Å². The van der Waals surface area contributed by atoms with Crippen LogP contribution in [0.2, 0.25) is 0 Å². The van der Waals surface area contributed by atoms with Crippen LogP contribution in [-0.2, 0) is 27.7 Å². The summed E-state index contributed by atoms with van der Waals surface area (Å²) in [6.07, 6.45) is 3.92. The Morgan fingerprint density at radius 2 is 1.79 bits per heavy atom. The minimum Gasteiger partial charge on any atom is -0.326 e. The summed E-state index contributed by atoms with van der Waals surface area (Å²) in [5, 5.41) is 2.79. The van der Waals surface area contributed by atoms with E-state index in [1.807, 2.05) is 12.1 Å². The zero-order valence-electron chi connectivity index (χ0n) is 16.4. The number of fused-ring (bicyclic) bond motifs is 1. The summed E-state index contributed by atoms with van der Waals surface area (Å²) in [6, 6.07) is 9.72. The van der Waals surface area contributed by atoms with Crippen molar-refractivity contribution in [2.24, 2.45) is 5.92 Å². The van der Waals surface area contributed by atoms with Crippen LogP contribution in [0, 0.1) is 18.7 Å². The summed E-state index contributed by atoms with van der Waals surface area (Å²) in [7, 11) is -3.55. The summed E-state index contributed by atoms with van der Waals surface area (Å²) in [4.78, 5) is 12.9. The zero-order valence-corrected chi connectivity index (χ0v) is 17.3. The molecule has 1 aliphatic heterocycles. The highest BCUT2D eigenvalue weighted by Gasteiger charge is 2.32. The normalized spacial score (nSPS) is 17.9. The molecule has 2 aromatic carbocycles. The molecule has 1 saturated heterocycles. The third-order valence-electron chi connectivity index (χ3n) is 5.99. The number of nitrogens with zero attached hydrogens (tertiary/aromatic N) is 1. The Morgan fingerprint density at radius 3 is 2.55 bits per heavy atom. The lowest BCUT2D eigenvalue weighted by Crippen LogP contribution is -2.41. The molecular formula is C22H25FN2O3S. The molecule has 1 fully saturated rings. The second-order valence-electron chi connectivity index (χ2n) is 7.91. The van der Waals surface area contributed by atoms with E-state index in [1.165, 1.54) is 22.0 Å². The van der Waals surface area contributed by atoms with Crippen molar-refractivity contribution in [3.05, 3.63) is 58.9 Å². The summed E-state index contributed by atoms with van der Waals surface area (Å²) in [5.74, 6) is -0.876. The summed E-state index contributed by atoms with van der Waals surface area (Å²) in [6.45, 7) is 2.42. The number of amides is 1. The summed E-state index contributed by atoms with van der Waals surface area (Å²) in [5.41, 5.74) is 3.62. The Labute approximate surface area is 171 Å². The molecule has 0 atom stereocenters. The van der Waals surface area contributed by atoms with Crippen LogP contribution in [0.4, 0.5) is 10.1 Å². The molecule has 7 heteroatoms. The highest BCUT2D eigenvalue weighted by atomic mass is 32.2. The third kappa shape index (κ3) is 4.07. The Hall–Kier alpha value is -2.25. The topological polar surface area (TPSA) is 66.5 Å². The molecule has 1 N–H and O–H groups in total. The van der Waals surface area contributed by atoms with E-state index < -0.39 is 15.8 Å². The van der Waals surface area contributed by atoms with Crippen LogP contribution >= 0.6 is 0 Å². The van der Waals surface area contributed by atoms with E-state index in [9.17, 15) is 17.6 Å². The van der Waals surface area contributed by atoms with Gasteiger partial charge in [-0.3, -0.25) is 4.79 Å². The van der Waals surface area contributed by atoms with Gasteiger partial charge in [0.25, 0.3) is 0 Å². The number of hydrogen-bond donors (Lipinski definition) is 1.